The zero-order valence-corrected chi connectivity index (χ0v) is 7.13. The summed E-state index contributed by atoms with van der Waals surface area (Å²) in [6.07, 6.45) is 1.49. The normalized spacial score (nSPS) is 9.17. The zero-order chi connectivity index (χ0) is 8.97. The summed E-state index contributed by atoms with van der Waals surface area (Å²) in [5, 5.41) is 0. The van der Waals surface area contributed by atoms with Crippen LogP contribution in [0.2, 0.25) is 0 Å². The molecule has 0 unspecified atom stereocenters. The topological polar surface area (TPSA) is 51.2 Å². The summed E-state index contributed by atoms with van der Waals surface area (Å²) in [7, 11) is 1.29. The molecule has 0 atom stereocenters. The second-order valence-corrected chi connectivity index (χ2v) is 2.17. The van der Waals surface area contributed by atoms with Gasteiger partial charge in [0.15, 0.2) is 5.69 Å². The molecule has 0 aliphatic heterocycles. The quantitative estimate of drug-likeness (QED) is 0.561. The molecule has 4 nitrogen and oxygen atoms in total. The van der Waals surface area contributed by atoms with Crippen molar-refractivity contribution >= 4 is 23.4 Å². The molecule has 0 fully saturated rings. The number of ether oxygens (including phenoxy) is 1. The number of esters is 1. The van der Waals surface area contributed by atoms with Gasteiger partial charge in [-0.3, -0.25) is 4.84 Å². The number of pyridine rings is 1. The van der Waals surface area contributed by atoms with Gasteiger partial charge in [-0.15, -0.1) is 0 Å². The first-order valence-electron chi connectivity index (χ1n) is 3.19. The second kappa shape index (κ2) is 3.92. The minimum absolute atomic E-state index is 0.176. The first kappa shape index (κ1) is 8.80. The van der Waals surface area contributed by atoms with Crippen LogP contribution < -0.4 is 4.84 Å². The lowest BCUT2D eigenvalue weighted by atomic mass is 10.3. The summed E-state index contributed by atoms with van der Waals surface area (Å²) in [4.78, 5) is 17.1. The van der Waals surface area contributed by atoms with Gasteiger partial charge in [-0.25, -0.2) is 9.78 Å². The number of carbonyl (C=O) groups is 1. The Hall–Kier alpha value is -1.29. The smallest absolute Gasteiger partial charge is 0.358 e. The van der Waals surface area contributed by atoms with Crippen LogP contribution in [0.25, 0.3) is 0 Å². The van der Waals surface area contributed by atoms with E-state index in [0.717, 1.165) is 0 Å². The third-order valence-corrected chi connectivity index (χ3v) is 1.49. The fraction of sp³-hybridized carbons (Fsp3) is 0.143. The highest BCUT2D eigenvalue weighted by molar-refractivity contribution is 6.24. The van der Waals surface area contributed by atoms with Crippen molar-refractivity contribution < 1.29 is 9.53 Å². The molecule has 0 saturated heterocycles. The second-order valence-electron chi connectivity index (χ2n) is 1.99. The molecule has 1 rings (SSSR count). The van der Waals surface area contributed by atoms with Crippen molar-refractivity contribution in [3.63, 3.8) is 0 Å². The highest BCUT2D eigenvalue weighted by Crippen LogP contribution is 2.13. The Bertz CT molecular complexity index is 290. The highest BCUT2D eigenvalue weighted by atomic mass is 35.5. The third-order valence-electron chi connectivity index (χ3n) is 1.29. The molecule has 0 saturated carbocycles. The van der Waals surface area contributed by atoms with Crippen LogP contribution in [-0.4, -0.2) is 18.1 Å². The van der Waals surface area contributed by atoms with E-state index in [4.69, 9.17) is 11.8 Å². The number of anilines is 1. The first-order chi connectivity index (χ1) is 5.79. The Labute approximate surface area is 74.6 Å². The molecule has 0 spiro atoms. The Morgan fingerprint density at radius 3 is 3.08 bits per heavy atom. The largest absolute Gasteiger partial charge is 0.464 e. The number of carbonyl (C=O) groups excluding carboxylic acids is 1. The lowest BCUT2D eigenvalue weighted by Gasteiger charge is -2.02. The van der Waals surface area contributed by atoms with Gasteiger partial charge in [0.2, 0.25) is 0 Å². The van der Waals surface area contributed by atoms with Gasteiger partial charge < -0.3 is 4.74 Å². The van der Waals surface area contributed by atoms with E-state index in [1.54, 1.807) is 12.1 Å². The van der Waals surface area contributed by atoms with Crippen LogP contribution >= 0.6 is 11.8 Å². The van der Waals surface area contributed by atoms with Gasteiger partial charge in [0.1, 0.15) is 0 Å². The average Bonchev–Trinajstić information content (AvgIpc) is 2.16. The summed E-state index contributed by atoms with van der Waals surface area (Å²) in [5.41, 5.74) is 0.612. The molecule has 12 heavy (non-hydrogen) atoms. The van der Waals surface area contributed by atoms with Crippen molar-refractivity contribution in [3.8, 4) is 0 Å². The minimum Gasteiger partial charge on any atom is -0.464 e. The Balaban J connectivity index is 3.04. The van der Waals surface area contributed by atoms with Crippen LogP contribution in [0.15, 0.2) is 18.3 Å². The maximum atomic E-state index is 11.0. The Kier molecular flexibility index (Phi) is 2.88. The predicted molar refractivity (Wildman–Crippen MR) is 45.1 cm³/mol. The number of rotatable bonds is 2. The van der Waals surface area contributed by atoms with Gasteiger partial charge in [-0.2, -0.15) is 0 Å². The maximum Gasteiger partial charge on any atom is 0.358 e. The molecule has 1 aromatic rings. The maximum absolute atomic E-state index is 11.0. The van der Waals surface area contributed by atoms with E-state index < -0.39 is 5.97 Å². The lowest BCUT2D eigenvalue weighted by molar-refractivity contribution is 0.0595. The summed E-state index contributed by atoms with van der Waals surface area (Å²) in [5.74, 6) is -0.515. The van der Waals surface area contributed by atoms with Crippen molar-refractivity contribution in [2.75, 3.05) is 11.9 Å². The molecule has 1 heterocycles. The van der Waals surface area contributed by atoms with Crippen molar-refractivity contribution in [2.45, 2.75) is 0 Å². The van der Waals surface area contributed by atoms with Crippen LogP contribution in [0.3, 0.4) is 0 Å². The van der Waals surface area contributed by atoms with Gasteiger partial charge in [-0.05, 0) is 12.1 Å². The summed E-state index contributed by atoms with van der Waals surface area (Å²) < 4.78 is 4.48. The molecule has 0 bridgehead atoms. The standard InChI is InChI=1S/C7H7ClN2O2/c1-12-7(11)6-5(10-8)3-2-4-9-6/h2-4,10H,1H3. The molecule has 0 radical (unpaired) electrons. The SMILES string of the molecule is COC(=O)c1ncccc1NCl. The molecule has 1 N–H and O–H groups in total. The fourth-order valence-corrected chi connectivity index (χ4v) is 0.893. The number of halogens is 1. The van der Waals surface area contributed by atoms with Crippen LogP contribution in [-0.2, 0) is 4.74 Å². The van der Waals surface area contributed by atoms with E-state index in [2.05, 4.69) is 14.6 Å². The van der Waals surface area contributed by atoms with Crippen molar-refractivity contribution in [3.05, 3.63) is 24.0 Å². The summed E-state index contributed by atoms with van der Waals surface area (Å²) in [6, 6.07) is 3.30. The van der Waals surface area contributed by atoms with E-state index in [-0.39, 0.29) is 5.69 Å². The number of nitrogens with zero attached hydrogens (tertiary/aromatic N) is 1. The number of hydrogen-bond acceptors (Lipinski definition) is 4. The summed E-state index contributed by atoms with van der Waals surface area (Å²) in [6.45, 7) is 0. The van der Waals surface area contributed by atoms with E-state index in [9.17, 15) is 4.79 Å². The predicted octanol–water partition coefficient (Wildman–Crippen LogP) is 1.43. The van der Waals surface area contributed by atoms with Crippen LogP contribution in [0.5, 0.6) is 0 Å². The molecule has 0 aromatic carbocycles. The van der Waals surface area contributed by atoms with Crippen molar-refractivity contribution in [1.29, 1.82) is 0 Å². The fourth-order valence-electron chi connectivity index (χ4n) is 0.741. The van der Waals surface area contributed by atoms with Gasteiger partial charge in [0.05, 0.1) is 12.8 Å². The van der Waals surface area contributed by atoms with Crippen molar-refractivity contribution in [1.82, 2.24) is 4.98 Å². The molecule has 0 aliphatic rings. The van der Waals surface area contributed by atoms with Crippen molar-refractivity contribution in [2.24, 2.45) is 0 Å². The number of hydrogen-bond donors (Lipinski definition) is 1. The monoisotopic (exact) mass is 186 g/mol. The molecule has 5 heteroatoms. The van der Waals surface area contributed by atoms with Crippen LogP contribution in [0, 0.1) is 0 Å². The Morgan fingerprint density at radius 2 is 2.50 bits per heavy atom. The van der Waals surface area contributed by atoms with Crippen LogP contribution in [0.4, 0.5) is 5.69 Å². The van der Waals surface area contributed by atoms with E-state index in [0.29, 0.717) is 5.69 Å². The highest BCUT2D eigenvalue weighted by Gasteiger charge is 2.11. The molecule has 64 valence electrons. The number of nitrogens with one attached hydrogen (secondary N) is 1. The Morgan fingerprint density at radius 1 is 1.75 bits per heavy atom. The molecule has 0 aliphatic carbocycles. The van der Waals surface area contributed by atoms with Gasteiger partial charge in [-0.1, -0.05) is 0 Å². The molecule has 0 amide bonds. The lowest BCUT2D eigenvalue weighted by Crippen LogP contribution is -2.06. The minimum atomic E-state index is -0.515. The first-order valence-corrected chi connectivity index (χ1v) is 3.57. The number of methoxy groups -OCH3 is 1. The molecular weight excluding hydrogens is 180 g/mol. The zero-order valence-electron chi connectivity index (χ0n) is 6.37. The van der Waals surface area contributed by atoms with E-state index in [1.165, 1.54) is 13.3 Å². The average molecular weight is 187 g/mol. The molecular formula is C7H7ClN2O2. The van der Waals surface area contributed by atoms with Gasteiger partial charge in [0, 0.05) is 18.0 Å². The number of aromatic nitrogens is 1. The van der Waals surface area contributed by atoms with E-state index >= 15 is 0 Å². The van der Waals surface area contributed by atoms with Crippen LogP contribution in [0.1, 0.15) is 10.5 Å². The van der Waals surface area contributed by atoms with Gasteiger partial charge in [0.25, 0.3) is 0 Å². The molecule has 1 aromatic heterocycles. The summed E-state index contributed by atoms with van der Waals surface area (Å²) >= 11 is 5.34. The van der Waals surface area contributed by atoms with E-state index in [1.807, 2.05) is 0 Å². The van der Waals surface area contributed by atoms with Gasteiger partial charge >= 0.3 is 5.97 Å². The third kappa shape index (κ3) is 1.65.